The van der Waals surface area contributed by atoms with Crippen molar-refractivity contribution in [3.63, 3.8) is 0 Å². The fourth-order valence-corrected chi connectivity index (χ4v) is 0.844. The highest BCUT2D eigenvalue weighted by molar-refractivity contribution is 5.90. The molecular weight excluding hydrogens is 164 g/mol. The molecule has 66 valence electrons. The summed E-state index contributed by atoms with van der Waals surface area (Å²) in [4.78, 5) is 15.0. The lowest BCUT2D eigenvalue weighted by molar-refractivity contribution is -0.116. The van der Waals surface area contributed by atoms with Crippen molar-refractivity contribution in [2.75, 3.05) is 5.32 Å². The SMILES string of the molecule is C#CCCC(=O)Nc1ccncc1. The van der Waals surface area contributed by atoms with Gasteiger partial charge in [0.25, 0.3) is 0 Å². The van der Waals surface area contributed by atoms with Gasteiger partial charge in [0, 0.05) is 30.9 Å². The van der Waals surface area contributed by atoms with Crippen LogP contribution in [0.4, 0.5) is 5.69 Å². The third-order valence-electron chi connectivity index (χ3n) is 1.46. The van der Waals surface area contributed by atoms with Crippen molar-refractivity contribution in [1.29, 1.82) is 0 Å². The van der Waals surface area contributed by atoms with Crippen molar-refractivity contribution in [1.82, 2.24) is 4.98 Å². The van der Waals surface area contributed by atoms with Crippen LogP contribution in [-0.4, -0.2) is 10.9 Å². The molecule has 0 radical (unpaired) electrons. The van der Waals surface area contributed by atoms with Crippen LogP contribution in [0.25, 0.3) is 0 Å². The second kappa shape index (κ2) is 4.94. The number of nitrogens with one attached hydrogen (secondary N) is 1. The molecule has 3 heteroatoms. The maximum Gasteiger partial charge on any atom is 0.225 e. The zero-order valence-electron chi connectivity index (χ0n) is 7.16. The first-order chi connectivity index (χ1) is 6.33. The summed E-state index contributed by atoms with van der Waals surface area (Å²) < 4.78 is 0. The second-order valence-electron chi connectivity index (χ2n) is 2.49. The van der Waals surface area contributed by atoms with Crippen molar-refractivity contribution in [3.05, 3.63) is 24.5 Å². The molecule has 1 aromatic rings. The molecule has 0 atom stereocenters. The van der Waals surface area contributed by atoms with Gasteiger partial charge >= 0.3 is 0 Å². The summed E-state index contributed by atoms with van der Waals surface area (Å²) in [6.07, 6.45) is 9.10. The van der Waals surface area contributed by atoms with Gasteiger partial charge in [-0.1, -0.05) is 0 Å². The number of carbonyl (C=O) groups excluding carboxylic acids is 1. The van der Waals surface area contributed by atoms with Crippen LogP contribution in [0.1, 0.15) is 12.8 Å². The number of terminal acetylenes is 1. The molecular formula is C10H10N2O. The van der Waals surface area contributed by atoms with E-state index in [9.17, 15) is 4.79 Å². The van der Waals surface area contributed by atoms with E-state index in [-0.39, 0.29) is 5.91 Å². The van der Waals surface area contributed by atoms with Crippen LogP contribution in [0.3, 0.4) is 0 Å². The third-order valence-corrected chi connectivity index (χ3v) is 1.46. The first kappa shape index (κ1) is 9.27. The van der Waals surface area contributed by atoms with E-state index in [1.165, 1.54) is 0 Å². The standard InChI is InChI=1S/C10H10N2O/c1-2-3-4-10(13)12-9-5-7-11-8-6-9/h1,5-8H,3-4H2,(H,11,12,13). The third kappa shape index (κ3) is 3.39. The minimum atomic E-state index is -0.0656. The van der Waals surface area contributed by atoms with E-state index >= 15 is 0 Å². The lowest BCUT2D eigenvalue weighted by atomic mass is 10.3. The summed E-state index contributed by atoms with van der Waals surface area (Å²) in [6, 6.07) is 3.46. The maximum absolute atomic E-state index is 11.1. The van der Waals surface area contributed by atoms with E-state index in [4.69, 9.17) is 6.42 Å². The average Bonchev–Trinajstić information content (AvgIpc) is 2.16. The number of rotatable bonds is 3. The molecule has 13 heavy (non-hydrogen) atoms. The Morgan fingerprint density at radius 1 is 1.54 bits per heavy atom. The minimum absolute atomic E-state index is 0.0656. The number of hydrogen-bond acceptors (Lipinski definition) is 2. The van der Waals surface area contributed by atoms with E-state index in [1.807, 2.05) is 0 Å². The zero-order chi connectivity index (χ0) is 9.52. The van der Waals surface area contributed by atoms with Crippen LogP contribution in [0.5, 0.6) is 0 Å². The molecule has 0 unspecified atom stereocenters. The Morgan fingerprint density at radius 3 is 2.85 bits per heavy atom. The van der Waals surface area contributed by atoms with Crippen molar-refractivity contribution in [2.24, 2.45) is 0 Å². The molecule has 0 bridgehead atoms. The van der Waals surface area contributed by atoms with Crippen molar-refractivity contribution in [3.8, 4) is 12.3 Å². The van der Waals surface area contributed by atoms with Gasteiger partial charge in [0.2, 0.25) is 5.91 Å². The molecule has 1 aromatic heterocycles. The van der Waals surface area contributed by atoms with Crippen LogP contribution >= 0.6 is 0 Å². The highest BCUT2D eigenvalue weighted by atomic mass is 16.1. The Balaban J connectivity index is 2.42. The van der Waals surface area contributed by atoms with Gasteiger partial charge in [-0.05, 0) is 12.1 Å². The summed E-state index contributed by atoms with van der Waals surface area (Å²) >= 11 is 0. The number of amides is 1. The molecule has 3 nitrogen and oxygen atoms in total. The highest BCUT2D eigenvalue weighted by Gasteiger charge is 1.99. The average molecular weight is 174 g/mol. The molecule has 1 amide bonds. The first-order valence-electron chi connectivity index (χ1n) is 3.96. The van der Waals surface area contributed by atoms with E-state index in [2.05, 4.69) is 16.2 Å². The fraction of sp³-hybridized carbons (Fsp3) is 0.200. The highest BCUT2D eigenvalue weighted by Crippen LogP contribution is 2.03. The predicted octanol–water partition coefficient (Wildman–Crippen LogP) is 1.43. The number of pyridine rings is 1. The van der Waals surface area contributed by atoms with Crippen molar-refractivity contribution < 1.29 is 4.79 Å². The molecule has 0 aliphatic carbocycles. The molecule has 0 fully saturated rings. The number of aromatic nitrogens is 1. The molecule has 0 saturated heterocycles. The lowest BCUT2D eigenvalue weighted by Crippen LogP contribution is -2.10. The van der Waals surface area contributed by atoms with E-state index in [0.29, 0.717) is 12.8 Å². The summed E-state index contributed by atoms with van der Waals surface area (Å²) in [5.74, 6) is 2.35. The number of hydrogen-bond donors (Lipinski definition) is 1. The number of nitrogens with zero attached hydrogens (tertiary/aromatic N) is 1. The van der Waals surface area contributed by atoms with Gasteiger partial charge in [-0.15, -0.1) is 12.3 Å². The van der Waals surface area contributed by atoms with Gasteiger partial charge in [0.15, 0.2) is 0 Å². The molecule has 0 aliphatic heterocycles. The summed E-state index contributed by atoms with van der Waals surface area (Å²) in [5, 5.41) is 2.70. The summed E-state index contributed by atoms with van der Waals surface area (Å²) in [7, 11) is 0. The Bertz CT molecular complexity index is 313. The van der Waals surface area contributed by atoms with Crippen molar-refractivity contribution >= 4 is 11.6 Å². The van der Waals surface area contributed by atoms with Crippen LogP contribution in [0, 0.1) is 12.3 Å². The fourth-order valence-electron chi connectivity index (χ4n) is 0.844. The van der Waals surface area contributed by atoms with Crippen LogP contribution in [0.15, 0.2) is 24.5 Å². The number of carbonyl (C=O) groups is 1. The van der Waals surface area contributed by atoms with Gasteiger partial charge < -0.3 is 5.32 Å². The first-order valence-corrected chi connectivity index (χ1v) is 3.96. The normalized spacial score (nSPS) is 8.85. The molecule has 0 spiro atoms. The molecule has 1 N–H and O–H groups in total. The van der Waals surface area contributed by atoms with Crippen molar-refractivity contribution in [2.45, 2.75) is 12.8 Å². The Labute approximate surface area is 77.2 Å². The Kier molecular flexibility index (Phi) is 3.52. The van der Waals surface area contributed by atoms with E-state index < -0.39 is 0 Å². The molecule has 1 heterocycles. The Hall–Kier alpha value is -1.82. The van der Waals surface area contributed by atoms with Gasteiger partial charge in [-0.3, -0.25) is 9.78 Å². The lowest BCUT2D eigenvalue weighted by Gasteiger charge is -2.01. The number of anilines is 1. The monoisotopic (exact) mass is 174 g/mol. The summed E-state index contributed by atoms with van der Waals surface area (Å²) in [6.45, 7) is 0. The topological polar surface area (TPSA) is 42.0 Å². The van der Waals surface area contributed by atoms with E-state index in [1.54, 1.807) is 24.5 Å². The quantitative estimate of drug-likeness (QED) is 0.704. The van der Waals surface area contributed by atoms with Crippen LogP contribution < -0.4 is 5.32 Å². The Morgan fingerprint density at radius 2 is 2.23 bits per heavy atom. The smallest absolute Gasteiger partial charge is 0.225 e. The van der Waals surface area contributed by atoms with Gasteiger partial charge in [-0.25, -0.2) is 0 Å². The van der Waals surface area contributed by atoms with E-state index in [0.717, 1.165) is 5.69 Å². The predicted molar refractivity (Wildman–Crippen MR) is 50.9 cm³/mol. The molecule has 1 rings (SSSR count). The summed E-state index contributed by atoms with van der Waals surface area (Å²) in [5.41, 5.74) is 0.747. The van der Waals surface area contributed by atoms with Gasteiger partial charge in [0.1, 0.15) is 0 Å². The van der Waals surface area contributed by atoms with Gasteiger partial charge in [0.05, 0.1) is 0 Å². The van der Waals surface area contributed by atoms with Crippen LogP contribution in [0.2, 0.25) is 0 Å². The second-order valence-corrected chi connectivity index (χ2v) is 2.49. The van der Waals surface area contributed by atoms with Crippen LogP contribution in [-0.2, 0) is 4.79 Å². The molecule has 0 aliphatic rings. The molecule has 0 aromatic carbocycles. The molecule has 0 saturated carbocycles. The maximum atomic E-state index is 11.1. The zero-order valence-corrected chi connectivity index (χ0v) is 7.16. The van der Waals surface area contributed by atoms with Gasteiger partial charge in [-0.2, -0.15) is 0 Å². The minimum Gasteiger partial charge on any atom is -0.326 e. The largest absolute Gasteiger partial charge is 0.326 e.